The van der Waals surface area contributed by atoms with Gasteiger partial charge in [-0.25, -0.2) is 4.39 Å². The number of halogens is 2. The van der Waals surface area contributed by atoms with E-state index in [-0.39, 0.29) is 18.3 Å². The van der Waals surface area contributed by atoms with Crippen molar-refractivity contribution in [2.24, 2.45) is 5.73 Å². The topological polar surface area (TPSA) is 46.2 Å². The molecular formula is C16H17BrFNO. The van der Waals surface area contributed by atoms with Crippen LogP contribution >= 0.6 is 15.9 Å². The minimum atomic E-state index is -0.736. The monoisotopic (exact) mass is 337 g/mol. The highest BCUT2D eigenvalue weighted by Gasteiger charge is 2.23. The van der Waals surface area contributed by atoms with Gasteiger partial charge in [-0.2, -0.15) is 0 Å². The molecule has 0 aliphatic rings. The third-order valence-electron chi connectivity index (χ3n) is 3.47. The van der Waals surface area contributed by atoms with Crippen LogP contribution in [-0.2, 0) is 0 Å². The molecule has 0 saturated carbocycles. The zero-order chi connectivity index (χ0) is 14.7. The number of aliphatic hydroxyl groups is 1. The van der Waals surface area contributed by atoms with Crippen molar-refractivity contribution in [3.05, 3.63) is 69.4 Å². The first-order valence-electron chi connectivity index (χ1n) is 6.43. The molecule has 2 unspecified atom stereocenters. The second-order valence-corrected chi connectivity index (χ2v) is 5.61. The minimum Gasteiger partial charge on any atom is -0.388 e. The van der Waals surface area contributed by atoms with Crippen LogP contribution in [0, 0.1) is 12.7 Å². The van der Waals surface area contributed by atoms with Gasteiger partial charge in [0, 0.05) is 16.9 Å². The maximum absolute atomic E-state index is 13.0. The minimum absolute atomic E-state index is 0.270. The van der Waals surface area contributed by atoms with E-state index in [2.05, 4.69) is 15.9 Å². The molecular weight excluding hydrogens is 321 g/mol. The second-order valence-electron chi connectivity index (χ2n) is 4.82. The summed E-state index contributed by atoms with van der Waals surface area (Å²) >= 11 is 3.50. The van der Waals surface area contributed by atoms with Crippen molar-refractivity contribution < 1.29 is 9.50 Å². The SMILES string of the molecule is Cc1cccc(C(O)C(CN)c2ccc(F)cc2)c1Br. The molecule has 0 saturated heterocycles. The van der Waals surface area contributed by atoms with Crippen LogP contribution in [0.25, 0.3) is 0 Å². The van der Waals surface area contributed by atoms with Gasteiger partial charge in [-0.3, -0.25) is 0 Å². The zero-order valence-electron chi connectivity index (χ0n) is 11.2. The molecule has 0 spiro atoms. The van der Waals surface area contributed by atoms with Crippen LogP contribution in [-0.4, -0.2) is 11.7 Å². The molecule has 2 aromatic rings. The molecule has 2 atom stereocenters. The summed E-state index contributed by atoms with van der Waals surface area (Å²) < 4.78 is 13.9. The van der Waals surface area contributed by atoms with Crippen LogP contribution in [0.2, 0.25) is 0 Å². The fourth-order valence-corrected chi connectivity index (χ4v) is 2.77. The third kappa shape index (κ3) is 3.08. The van der Waals surface area contributed by atoms with Crippen LogP contribution in [0.15, 0.2) is 46.9 Å². The number of aryl methyl sites for hydroxylation is 1. The molecule has 3 N–H and O–H groups in total. The molecule has 2 rings (SSSR count). The van der Waals surface area contributed by atoms with Gasteiger partial charge in [0.1, 0.15) is 5.82 Å². The molecule has 106 valence electrons. The second kappa shape index (κ2) is 6.48. The number of benzene rings is 2. The van der Waals surface area contributed by atoms with Crippen LogP contribution in [0.5, 0.6) is 0 Å². The Hall–Kier alpha value is -1.23. The number of rotatable bonds is 4. The van der Waals surface area contributed by atoms with Crippen LogP contribution < -0.4 is 5.73 Å². The Morgan fingerprint density at radius 2 is 1.85 bits per heavy atom. The Labute approximate surface area is 126 Å². The lowest BCUT2D eigenvalue weighted by Crippen LogP contribution is -2.20. The summed E-state index contributed by atoms with van der Waals surface area (Å²) in [7, 11) is 0. The van der Waals surface area contributed by atoms with E-state index in [1.165, 1.54) is 12.1 Å². The highest BCUT2D eigenvalue weighted by Crippen LogP contribution is 2.35. The molecule has 0 aliphatic heterocycles. The third-order valence-corrected chi connectivity index (χ3v) is 4.56. The largest absolute Gasteiger partial charge is 0.388 e. The molecule has 0 bridgehead atoms. The zero-order valence-corrected chi connectivity index (χ0v) is 12.8. The quantitative estimate of drug-likeness (QED) is 0.893. The lowest BCUT2D eigenvalue weighted by atomic mass is 9.89. The average molecular weight is 338 g/mol. The average Bonchev–Trinajstić information content (AvgIpc) is 2.44. The van der Waals surface area contributed by atoms with Gasteiger partial charge in [0.15, 0.2) is 0 Å². The fraction of sp³-hybridized carbons (Fsp3) is 0.250. The number of hydrogen-bond donors (Lipinski definition) is 2. The van der Waals surface area contributed by atoms with Crippen molar-refractivity contribution in [2.75, 3.05) is 6.54 Å². The molecule has 20 heavy (non-hydrogen) atoms. The Bertz CT molecular complexity index is 586. The van der Waals surface area contributed by atoms with E-state index in [9.17, 15) is 9.50 Å². The van der Waals surface area contributed by atoms with Crippen LogP contribution in [0.4, 0.5) is 4.39 Å². The Morgan fingerprint density at radius 1 is 1.20 bits per heavy atom. The smallest absolute Gasteiger partial charge is 0.123 e. The van der Waals surface area contributed by atoms with E-state index in [0.29, 0.717) is 0 Å². The van der Waals surface area contributed by atoms with Crippen LogP contribution in [0.3, 0.4) is 0 Å². The van der Waals surface area contributed by atoms with E-state index >= 15 is 0 Å². The lowest BCUT2D eigenvalue weighted by Gasteiger charge is -2.23. The first-order chi connectivity index (χ1) is 9.54. The fourth-order valence-electron chi connectivity index (χ4n) is 2.27. The number of hydrogen-bond acceptors (Lipinski definition) is 2. The predicted octanol–water partition coefficient (Wildman–Crippen LogP) is 3.67. The molecule has 2 aromatic carbocycles. The van der Waals surface area contributed by atoms with Gasteiger partial charge in [0.25, 0.3) is 0 Å². The van der Waals surface area contributed by atoms with Crippen molar-refractivity contribution >= 4 is 15.9 Å². The first kappa shape index (κ1) is 15.2. The van der Waals surface area contributed by atoms with E-state index in [0.717, 1.165) is 21.2 Å². The molecule has 0 heterocycles. The summed E-state index contributed by atoms with van der Waals surface area (Å²) in [4.78, 5) is 0. The summed E-state index contributed by atoms with van der Waals surface area (Å²) in [6, 6.07) is 11.8. The summed E-state index contributed by atoms with van der Waals surface area (Å²) in [5.41, 5.74) is 8.48. The van der Waals surface area contributed by atoms with Crippen molar-refractivity contribution in [2.45, 2.75) is 18.9 Å². The van der Waals surface area contributed by atoms with Crippen molar-refractivity contribution in [3.8, 4) is 0 Å². The Balaban J connectivity index is 2.36. The van der Waals surface area contributed by atoms with Gasteiger partial charge in [0.05, 0.1) is 6.10 Å². The highest BCUT2D eigenvalue weighted by atomic mass is 79.9. The number of aliphatic hydroxyl groups excluding tert-OH is 1. The van der Waals surface area contributed by atoms with E-state index in [1.807, 2.05) is 25.1 Å². The van der Waals surface area contributed by atoms with E-state index in [4.69, 9.17) is 5.73 Å². The maximum atomic E-state index is 13.0. The normalized spacial score (nSPS) is 14.1. The molecule has 0 radical (unpaired) electrons. The van der Waals surface area contributed by atoms with Gasteiger partial charge >= 0.3 is 0 Å². The maximum Gasteiger partial charge on any atom is 0.123 e. The van der Waals surface area contributed by atoms with E-state index in [1.54, 1.807) is 12.1 Å². The van der Waals surface area contributed by atoms with Gasteiger partial charge in [-0.1, -0.05) is 46.3 Å². The summed E-state index contributed by atoms with van der Waals surface area (Å²) in [6.45, 7) is 2.25. The van der Waals surface area contributed by atoms with Crippen LogP contribution in [0.1, 0.15) is 28.7 Å². The van der Waals surface area contributed by atoms with Gasteiger partial charge in [-0.05, 0) is 35.7 Å². The van der Waals surface area contributed by atoms with Crippen molar-refractivity contribution in [1.29, 1.82) is 0 Å². The summed E-state index contributed by atoms with van der Waals surface area (Å²) in [6.07, 6.45) is -0.736. The summed E-state index contributed by atoms with van der Waals surface area (Å²) in [5.74, 6) is -0.565. The molecule has 0 fully saturated rings. The van der Waals surface area contributed by atoms with Crippen molar-refractivity contribution in [3.63, 3.8) is 0 Å². The molecule has 2 nitrogen and oxygen atoms in total. The first-order valence-corrected chi connectivity index (χ1v) is 7.22. The van der Waals surface area contributed by atoms with Gasteiger partial charge in [-0.15, -0.1) is 0 Å². The molecule has 0 aliphatic carbocycles. The Morgan fingerprint density at radius 3 is 2.45 bits per heavy atom. The molecule has 4 heteroatoms. The Kier molecular flexibility index (Phi) is 4.91. The lowest BCUT2D eigenvalue weighted by molar-refractivity contribution is 0.146. The molecule has 0 aromatic heterocycles. The summed E-state index contributed by atoms with van der Waals surface area (Å²) in [5, 5.41) is 10.6. The van der Waals surface area contributed by atoms with Crippen molar-refractivity contribution in [1.82, 2.24) is 0 Å². The standard InChI is InChI=1S/C16H17BrFNO/c1-10-3-2-4-13(15(10)17)16(20)14(9-19)11-5-7-12(18)8-6-11/h2-8,14,16,20H,9,19H2,1H3. The van der Waals surface area contributed by atoms with E-state index < -0.39 is 6.10 Å². The molecule has 0 amide bonds. The highest BCUT2D eigenvalue weighted by molar-refractivity contribution is 9.10. The predicted molar refractivity (Wildman–Crippen MR) is 82.0 cm³/mol. The van der Waals surface area contributed by atoms with Gasteiger partial charge in [0.2, 0.25) is 0 Å². The number of nitrogens with two attached hydrogens (primary N) is 1. The van der Waals surface area contributed by atoms with Gasteiger partial charge < -0.3 is 10.8 Å².